The van der Waals surface area contributed by atoms with Gasteiger partial charge in [0, 0.05) is 10.8 Å². The first kappa shape index (κ1) is 11.5. The van der Waals surface area contributed by atoms with Gasteiger partial charge in [0.2, 0.25) is 0 Å². The molecule has 0 bridgehead atoms. The Kier molecular flexibility index (Phi) is 2.59. The van der Waals surface area contributed by atoms with Crippen molar-refractivity contribution in [1.29, 1.82) is 5.26 Å². The fourth-order valence-electron chi connectivity index (χ4n) is 1.88. The van der Waals surface area contributed by atoms with E-state index >= 15 is 0 Å². The summed E-state index contributed by atoms with van der Waals surface area (Å²) in [4.78, 5) is 4.25. The molecule has 1 heterocycles. The smallest absolute Gasteiger partial charge is 0.152 e. The average molecular weight is 228 g/mol. The van der Waals surface area contributed by atoms with Gasteiger partial charge in [-0.2, -0.15) is 5.26 Å². The van der Waals surface area contributed by atoms with Crippen molar-refractivity contribution < 1.29 is 4.39 Å². The van der Waals surface area contributed by atoms with Crippen molar-refractivity contribution >= 4 is 10.8 Å². The second-order valence-corrected chi connectivity index (χ2v) is 4.64. The van der Waals surface area contributed by atoms with Crippen molar-refractivity contribution in [3.8, 4) is 6.07 Å². The third kappa shape index (κ3) is 1.76. The molecule has 0 saturated carbocycles. The van der Waals surface area contributed by atoms with Gasteiger partial charge in [-0.25, -0.2) is 4.39 Å². The number of nitrogens with zero attached hydrogens (tertiary/aromatic N) is 2. The van der Waals surface area contributed by atoms with Gasteiger partial charge in [0.25, 0.3) is 0 Å². The molecule has 2 nitrogen and oxygen atoms in total. The second kappa shape index (κ2) is 3.81. The number of halogens is 1. The summed E-state index contributed by atoms with van der Waals surface area (Å²) in [7, 11) is 0. The SMILES string of the molecule is Cc1nc(C(C)(C)C#N)c2ccccc2c1F. The van der Waals surface area contributed by atoms with E-state index in [1.165, 1.54) is 0 Å². The Bertz CT molecular complexity index is 624. The number of aromatic nitrogens is 1. The van der Waals surface area contributed by atoms with Crippen LogP contribution in [-0.2, 0) is 5.41 Å². The van der Waals surface area contributed by atoms with Crippen LogP contribution in [0.15, 0.2) is 24.3 Å². The predicted molar refractivity (Wildman–Crippen MR) is 65.1 cm³/mol. The maximum atomic E-state index is 13.9. The Labute approximate surface area is 99.7 Å². The standard InChI is InChI=1S/C14H13FN2/c1-9-12(15)10-6-4-5-7-11(10)13(17-9)14(2,3)8-16/h4-7H,1-3H3. The molecule has 3 heteroatoms. The fraction of sp³-hybridized carbons (Fsp3) is 0.286. The Morgan fingerprint density at radius 1 is 1.24 bits per heavy atom. The van der Waals surface area contributed by atoms with Gasteiger partial charge in [-0.3, -0.25) is 4.98 Å². The molecule has 86 valence electrons. The lowest BCUT2D eigenvalue weighted by atomic mass is 9.87. The molecular weight excluding hydrogens is 215 g/mol. The summed E-state index contributed by atoms with van der Waals surface area (Å²) in [5, 5.41) is 10.4. The van der Waals surface area contributed by atoms with Crippen LogP contribution in [-0.4, -0.2) is 4.98 Å². The van der Waals surface area contributed by atoms with Crippen LogP contribution >= 0.6 is 0 Å². The molecule has 0 amide bonds. The van der Waals surface area contributed by atoms with Gasteiger partial charge in [-0.05, 0) is 20.8 Å². The summed E-state index contributed by atoms with van der Waals surface area (Å²) in [5.41, 5.74) is 0.245. The first-order valence-electron chi connectivity index (χ1n) is 5.44. The Morgan fingerprint density at radius 3 is 2.41 bits per heavy atom. The van der Waals surface area contributed by atoms with E-state index in [0.29, 0.717) is 22.2 Å². The zero-order chi connectivity index (χ0) is 12.6. The van der Waals surface area contributed by atoms with E-state index in [1.807, 2.05) is 6.07 Å². The Morgan fingerprint density at radius 2 is 1.82 bits per heavy atom. The summed E-state index contributed by atoms with van der Waals surface area (Å²) >= 11 is 0. The zero-order valence-corrected chi connectivity index (χ0v) is 10.1. The van der Waals surface area contributed by atoms with Crippen molar-refractivity contribution in [3.05, 3.63) is 41.5 Å². The van der Waals surface area contributed by atoms with E-state index in [2.05, 4.69) is 11.1 Å². The minimum absolute atomic E-state index is 0.307. The van der Waals surface area contributed by atoms with Crippen LogP contribution in [0.5, 0.6) is 0 Å². The fourth-order valence-corrected chi connectivity index (χ4v) is 1.88. The van der Waals surface area contributed by atoms with Gasteiger partial charge >= 0.3 is 0 Å². The van der Waals surface area contributed by atoms with E-state index in [9.17, 15) is 9.65 Å². The molecule has 17 heavy (non-hydrogen) atoms. The maximum Gasteiger partial charge on any atom is 0.152 e. The van der Waals surface area contributed by atoms with E-state index in [-0.39, 0.29) is 5.82 Å². The lowest BCUT2D eigenvalue weighted by Crippen LogP contribution is -2.17. The molecule has 1 aromatic carbocycles. The molecule has 0 atom stereocenters. The first-order chi connectivity index (χ1) is 7.97. The third-order valence-electron chi connectivity index (χ3n) is 2.89. The molecule has 0 aliphatic carbocycles. The predicted octanol–water partition coefficient (Wildman–Crippen LogP) is 3.48. The minimum atomic E-state index is -0.724. The van der Waals surface area contributed by atoms with Crippen LogP contribution in [0, 0.1) is 24.1 Å². The molecule has 0 N–H and O–H groups in total. The average Bonchev–Trinajstić information content (AvgIpc) is 2.33. The quantitative estimate of drug-likeness (QED) is 0.749. The molecule has 0 fully saturated rings. The van der Waals surface area contributed by atoms with Gasteiger partial charge in [0.1, 0.15) is 0 Å². The van der Waals surface area contributed by atoms with Crippen molar-refractivity contribution in [2.45, 2.75) is 26.2 Å². The molecule has 0 unspecified atom stereocenters. The molecular formula is C14H13FN2. The van der Waals surface area contributed by atoms with Gasteiger partial charge in [-0.1, -0.05) is 24.3 Å². The molecule has 2 rings (SSSR count). The van der Waals surface area contributed by atoms with Crippen molar-refractivity contribution in [3.63, 3.8) is 0 Å². The van der Waals surface area contributed by atoms with Crippen LogP contribution in [0.1, 0.15) is 25.2 Å². The van der Waals surface area contributed by atoms with Gasteiger partial charge in [-0.15, -0.1) is 0 Å². The monoisotopic (exact) mass is 228 g/mol. The minimum Gasteiger partial charge on any atom is -0.253 e. The van der Waals surface area contributed by atoms with Crippen molar-refractivity contribution in [2.24, 2.45) is 0 Å². The van der Waals surface area contributed by atoms with E-state index < -0.39 is 5.41 Å². The highest BCUT2D eigenvalue weighted by atomic mass is 19.1. The normalized spacial score (nSPS) is 11.5. The molecule has 0 spiro atoms. The summed E-state index contributed by atoms with van der Waals surface area (Å²) < 4.78 is 13.9. The number of benzene rings is 1. The molecule has 0 radical (unpaired) electrons. The van der Waals surface area contributed by atoms with E-state index in [0.717, 1.165) is 0 Å². The number of nitriles is 1. The number of pyridine rings is 1. The summed E-state index contributed by atoms with van der Waals surface area (Å²) in [6.07, 6.45) is 0. The highest BCUT2D eigenvalue weighted by molar-refractivity contribution is 5.86. The largest absolute Gasteiger partial charge is 0.253 e. The summed E-state index contributed by atoms with van der Waals surface area (Å²) in [6, 6.07) is 9.35. The Balaban J connectivity index is 2.91. The van der Waals surface area contributed by atoms with E-state index in [4.69, 9.17) is 0 Å². The van der Waals surface area contributed by atoms with Gasteiger partial charge < -0.3 is 0 Å². The number of hydrogen-bond acceptors (Lipinski definition) is 2. The topological polar surface area (TPSA) is 36.7 Å². The molecule has 1 aromatic heterocycles. The van der Waals surface area contributed by atoms with Crippen LogP contribution in [0.25, 0.3) is 10.8 Å². The lowest BCUT2D eigenvalue weighted by Gasteiger charge is -2.18. The summed E-state index contributed by atoms with van der Waals surface area (Å²) in [6.45, 7) is 5.21. The maximum absolute atomic E-state index is 13.9. The van der Waals surface area contributed by atoms with Gasteiger partial charge in [0.15, 0.2) is 5.82 Å². The molecule has 0 aliphatic heterocycles. The van der Waals surface area contributed by atoms with Gasteiger partial charge in [0.05, 0.1) is 22.9 Å². The van der Waals surface area contributed by atoms with Crippen LogP contribution in [0.4, 0.5) is 4.39 Å². The highest BCUT2D eigenvalue weighted by Gasteiger charge is 2.25. The molecule has 2 aromatic rings. The Hall–Kier alpha value is -1.95. The highest BCUT2D eigenvalue weighted by Crippen LogP contribution is 2.30. The number of fused-ring (bicyclic) bond motifs is 1. The second-order valence-electron chi connectivity index (χ2n) is 4.64. The molecule has 0 saturated heterocycles. The first-order valence-corrected chi connectivity index (χ1v) is 5.44. The molecule has 0 aliphatic rings. The zero-order valence-electron chi connectivity index (χ0n) is 10.1. The summed E-state index contributed by atoms with van der Waals surface area (Å²) in [5.74, 6) is -0.307. The van der Waals surface area contributed by atoms with Crippen LogP contribution in [0.3, 0.4) is 0 Å². The van der Waals surface area contributed by atoms with Crippen molar-refractivity contribution in [2.75, 3.05) is 0 Å². The number of aryl methyl sites for hydroxylation is 1. The van der Waals surface area contributed by atoms with Crippen LogP contribution in [0.2, 0.25) is 0 Å². The number of rotatable bonds is 1. The van der Waals surface area contributed by atoms with Crippen LogP contribution < -0.4 is 0 Å². The number of hydrogen-bond donors (Lipinski definition) is 0. The third-order valence-corrected chi connectivity index (χ3v) is 2.89. The lowest BCUT2D eigenvalue weighted by molar-refractivity contribution is 0.608. The van der Waals surface area contributed by atoms with Crippen molar-refractivity contribution in [1.82, 2.24) is 4.98 Å². The van der Waals surface area contributed by atoms with E-state index in [1.54, 1.807) is 39.0 Å².